The van der Waals surface area contributed by atoms with Gasteiger partial charge in [0.2, 0.25) is 0 Å². The number of benzene rings is 2. The van der Waals surface area contributed by atoms with Crippen LogP contribution in [0.4, 0.5) is 11.4 Å². The number of halogens is 1. The van der Waals surface area contributed by atoms with E-state index in [-0.39, 0.29) is 0 Å². The van der Waals surface area contributed by atoms with Crippen LogP contribution in [-0.4, -0.2) is 23.4 Å². The highest BCUT2D eigenvalue weighted by Gasteiger charge is 2.21. The molecule has 0 spiro atoms. The van der Waals surface area contributed by atoms with Gasteiger partial charge in [0.25, 0.3) is 0 Å². The monoisotopic (exact) mass is 342 g/mol. The largest absolute Gasteiger partial charge is 0.399 e. The van der Waals surface area contributed by atoms with Crippen LogP contribution in [0, 0.1) is 5.92 Å². The Morgan fingerprint density at radius 3 is 2.67 bits per heavy atom. The Bertz CT molecular complexity index is 855. The van der Waals surface area contributed by atoms with Crippen LogP contribution in [0.25, 0.3) is 11.0 Å². The number of fused-ring (bicyclic) bond motifs is 1. The summed E-state index contributed by atoms with van der Waals surface area (Å²) in [5, 5.41) is 8.51. The summed E-state index contributed by atoms with van der Waals surface area (Å²) in [6.45, 7) is 2.03. The van der Waals surface area contributed by atoms with Crippen molar-refractivity contribution < 1.29 is 4.63 Å². The average molecular weight is 343 g/mol. The maximum atomic E-state index is 6.33. The van der Waals surface area contributed by atoms with Crippen molar-refractivity contribution in [1.29, 1.82) is 0 Å². The lowest BCUT2D eigenvalue weighted by Crippen LogP contribution is -2.34. The van der Waals surface area contributed by atoms with Crippen molar-refractivity contribution in [3.05, 3.63) is 47.0 Å². The first kappa shape index (κ1) is 15.3. The smallest absolute Gasteiger partial charge is 0.135 e. The van der Waals surface area contributed by atoms with Crippen molar-refractivity contribution in [1.82, 2.24) is 10.3 Å². The van der Waals surface area contributed by atoms with Crippen LogP contribution in [0.3, 0.4) is 0 Å². The number of nitrogens with two attached hydrogens (primary N) is 1. The van der Waals surface area contributed by atoms with Gasteiger partial charge in [0.15, 0.2) is 0 Å². The molecule has 5 nitrogen and oxygen atoms in total. The van der Waals surface area contributed by atoms with Gasteiger partial charge in [-0.3, -0.25) is 0 Å². The first-order chi connectivity index (χ1) is 11.7. The van der Waals surface area contributed by atoms with Crippen molar-refractivity contribution in [2.45, 2.75) is 19.3 Å². The molecule has 1 saturated heterocycles. The fraction of sp³-hybridized carbons (Fsp3) is 0.333. The van der Waals surface area contributed by atoms with Crippen molar-refractivity contribution in [2.75, 3.05) is 23.7 Å². The summed E-state index contributed by atoms with van der Waals surface area (Å²) in [6.07, 6.45) is 3.36. The number of hydrogen-bond acceptors (Lipinski definition) is 5. The Labute approximate surface area is 145 Å². The first-order valence-electron chi connectivity index (χ1n) is 8.20. The summed E-state index contributed by atoms with van der Waals surface area (Å²) >= 11 is 6.33. The fourth-order valence-corrected chi connectivity index (χ4v) is 3.75. The lowest BCUT2D eigenvalue weighted by molar-refractivity contribution is 0.315. The Morgan fingerprint density at radius 1 is 1.08 bits per heavy atom. The topological polar surface area (TPSA) is 68.2 Å². The van der Waals surface area contributed by atoms with Gasteiger partial charge in [0.1, 0.15) is 11.0 Å². The van der Waals surface area contributed by atoms with Crippen molar-refractivity contribution in [2.24, 2.45) is 5.92 Å². The van der Waals surface area contributed by atoms with Crippen LogP contribution < -0.4 is 10.6 Å². The van der Waals surface area contributed by atoms with Crippen LogP contribution >= 0.6 is 11.6 Å². The minimum Gasteiger partial charge on any atom is -0.399 e. The van der Waals surface area contributed by atoms with Crippen LogP contribution in [0.15, 0.2) is 41.0 Å². The van der Waals surface area contributed by atoms with Crippen molar-refractivity contribution in [3.8, 4) is 0 Å². The molecule has 0 unspecified atom stereocenters. The molecule has 4 rings (SSSR count). The van der Waals surface area contributed by atoms with E-state index in [1.54, 1.807) is 0 Å². The summed E-state index contributed by atoms with van der Waals surface area (Å²) in [5.41, 5.74) is 10.5. The van der Waals surface area contributed by atoms with E-state index in [1.807, 2.05) is 24.3 Å². The molecule has 3 aromatic rings. The molecule has 2 aromatic carbocycles. The van der Waals surface area contributed by atoms with Crippen LogP contribution in [0.1, 0.15) is 18.4 Å². The highest BCUT2D eigenvalue weighted by atomic mass is 35.5. The summed E-state index contributed by atoms with van der Waals surface area (Å²) in [5.74, 6) is 0.672. The maximum absolute atomic E-state index is 6.33. The van der Waals surface area contributed by atoms with E-state index in [2.05, 4.69) is 27.3 Å². The molecule has 1 aliphatic heterocycles. The number of nitrogen functional groups attached to an aromatic ring is 1. The molecular formula is C18H19ClN4O. The fourth-order valence-electron chi connectivity index (χ4n) is 3.45. The number of anilines is 2. The van der Waals surface area contributed by atoms with Gasteiger partial charge in [-0.05, 0) is 71.4 Å². The quantitative estimate of drug-likeness (QED) is 0.731. The number of aromatic nitrogens is 2. The van der Waals surface area contributed by atoms with Crippen molar-refractivity contribution in [3.63, 3.8) is 0 Å². The Morgan fingerprint density at radius 2 is 1.88 bits per heavy atom. The van der Waals surface area contributed by atoms with Gasteiger partial charge in [-0.2, -0.15) is 0 Å². The molecule has 1 aliphatic rings. The third-order valence-corrected chi connectivity index (χ3v) is 5.07. The number of piperidine rings is 1. The highest BCUT2D eigenvalue weighted by molar-refractivity contribution is 6.33. The van der Waals surface area contributed by atoms with Crippen molar-refractivity contribution >= 4 is 34.0 Å². The number of rotatable bonds is 3. The van der Waals surface area contributed by atoms with E-state index in [0.717, 1.165) is 54.1 Å². The lowest BCUT2D eigenvalue weighted by atomic mass is 9.90. The van der Waals surface area contributed by atoms with Gasteiger partial charge in [-0.25, -0.2) is 4.63 Å². The van der Waals surface area contributed by atoms with Gasteiger partial charge in [0.05, 0.1) is 10.7 Å². The zero-order chi connectivity index (χ0) is 16.5. The normalized spacial score (nSPS) is 16.0. The minimum absolute atomic E-state index is 0.672. The zero-order valence-corrected chi connectivity index (χ0v) is 14.0. The lowest BCUT2D eigenvalue weighted by Gasteiger charge is -2.34. The molecule has 6 heteroatoms. The van der Waals surface area contributed by atoms with E-state index in [9.17, 15) is 0 Å². The predicted molar refractivity (Wildman–Crippen MR) is 96.3 cm³/mol. The van der Waals surface area contributed by atoms with Crippen LogP contribution in [0.5, 0.6) is 0 Å². The molecule has 124 valence electrons. The van der Waals surface area contributed by atoms with Gasteiger partial charge >= 0.3 is 0 Å². The molecule has 0 aliphatic carbocycles. The van der Waals surface area contributed by atoms with E-state index < -0.39 is 0 Å². The van der Waals surface area contributed by atoms with Crippen LogP contribution in [0.2, 0.25) is 5.02 Å². The summed E-state index contributed by atoms with van der Waals surface area (Å²) < 4.78 is 4.76. The molecule has 0 bridgehead atoms. The summed E-state index contributed by atoms with van der Waals surface area (Å²) in [4.78, 5) is 2.35. The second-order valence-corrected chi connectivity index (χ2v) is 6.84. The summed E-state index contributed by atoms with van der Waals surface area (Å²) in [6, 6.07) is 11.9. The van der Waals surface area contributed by atoms with Gasteiger partial charge in [-0.15, -0.1) is 0 Å². The Kier molecular flexibility index (Phi) is 4.02. The third-order valence-electron chi connectivity index (χ3n) is 4.77. The minimum atomic E-state index is 0.672. The molecule has 0 radical (unpaired) electrons. The highest BCUT2D eigenvalue weighted by Crippen LogP contribution is 2.32. The number of nitrogens with zero attached hydrogens (tertiary/aromatic N) is 3. The molecule has 1 fully saturated rings. The molecule has 24 heavy (non-hydrogen) atoms. The SMILES string of the molecule is Nc1ccc(N2CCC(Cc3ccc4nonc4c3)CC2)c(Cl)c1. The van der Waals surface area contributed by atoms with Gasteiger partial charge in [-0.1, -0.05) is 17.7 Å². The molecule has 1 aromatic heterocycles. The predicted octanol–water partition coefficient (Wildman–Crippen LogP) is 3.92. The Hall–Kier alpha value is -2.27. The molecule has 0 amide bonds. The molecule has 0 saturated carbocycles. The average Bonchev–Trinajstić information content (AvgIpc) is 3.04. The first-order valence-corrected chi connectivity index (χ1v) is 8.58. The standard InChI is InChI=1S/C18H19ClN4O/c19-15-11-14(20)2-4-18(15)23-7-5-12(6-8-23)9-13-1-3-16-17(10-13)22-24-21-16/h1-4,10-12H,5-9,20H2. The van der Waals surface area contributed by atoms with E-state index >= 15 is 0 Å². The van der Waals surface area contributed by atoms with Gasteiger partial charge in [0, 0.05) is 18.8 Å². The second-order valence-electron chi connectivity index (χ2n) is 6.43. The van der Waals surface area contributed by atoms with E-state index in [1.165, 1.54) is 5.56 Å². The molecule has 0 atom stereocenters. The number of hydrogen-bond donors (Lipinski definition) is 1. The summed E-state index contributed by atoms with van der Waals surface area (Å²) in [7, 11) is 0. The molecule has 2 N–H and O–H groups in total. The molecule has 2 heterocycles. The zero-order valence-electron chi connectivity index (χ0n) is 13.3. The third kappa shape index (κ3) is 3.04. The second kappa shape index (κ2) is 6.32. The van der Waals surface area contributed by atoms with E-state index in [4.69, 9.17) is 22.0 Å². The van der Waals surface area contributed by atoms with Crippen LogP contribution in [-0.2, 0) is 6.42 Å². The maximum Gasteiger partial charge on any atom is 0.135 e. The molecular weight excluding hydrogens is 324 g/mol. The van der Waals surface area contributed by atoms with Gasteiger partial charge < -0.3 is 10.6 Å². The van der Waals surface area contributed by atoms with E-state index in [0.29, 0.717) is 11.6 Å². The Balaban J connectivity index is 1.40.